The van der Waals surface area contributed by atoms with Gasteiger partial charge in [-0.05, 0) is 42.8 Å². The molecule has 0 bridgehead atoms. The summed E-state index contributed by atoms with van der Waals surface area (Å²) in [7, 11) is -3.77. The summed E-state index contributed by atoms with van der Waals surface area (Å²) in [6, 6.07) is 11.4. The Balaban J connectivity index is 1.41. The lowest BCUT2D eigenvalue weighted by molar-refractivity contribution is -0.145. The standard InChI is InChI=1S/C19H17ClFN3O5S/c20-16-5-2-1-4-15(16)19-24-23-17(29-19)12-28-18(25)6-3-11-22-30(26,27)14-9-7-13(21)8-10-14/h1-2,4-5,7-10,22H,3,6,11-12H2. The molecule has 1 heterocycles. The first-order chi connectivity index (χ1) is 14.3. The van der Waals surface area contributed by atoms with Crippen molar-refractivity contribution in [1.29, 1.82) is 0 Å². The predicted octanol–water partition coefficient (Wildman–Crippen LogP) is 3.33. The maximum absolute atomic E-state index is 12.9. The first kappa shape index (κ1) is 21.9. The van der Waals surface area contributed by atoms with Gasteiger partial charge < -0.3 is 9.15 Å². The number of halogens is 2. The molecule has 0 spiro atoms. The molecule has 3 aromatic rings. The van der Waals surface area contributed by atoms with E-state index in [4.69, 9.17) is 20.8 Å². The Morgan fingerprint density at radius 3 is 2.60 bits per heavy atom. The number of ether oxygens (including phenoxy) is 1. The van der Waals surface area contributed by atoms with Gasteiger partial charge in [-0.1, -0.05) is 23.7 Å². The van der Waals surface area contributed by atoms with Crippen LogP contribution < -0.4 is 4.72 Å². The second-order valence-electron chi connectivity index (χ2n) is 6.10. The lowest BCUT2D eigenvalue weighted by atomic mass is 10.2. The number of carbonyl (C=O) groups is 1. The van der Waals surface area contributed by atoms with Crippen LogP contribution in [0.1, 0.15) is 18.7 Å². The zero-order valence-electron chi connectivity index (χ0n) is 15.5. The number of hydrogen-bond donors (Lipinski definition) is 1. The highest BCUT2D eigenvalue weighted by atomic mass is 35.5. The molecular weight excluding hydrogens is 437 g/mol. The van der Waals surface area contributed by atoms with Gasteiger partial charge in [0, 0.05) is 13.0 Å². The van der Waals surface area contributed by atoms with Crippen molar-refractivity contribution < 1.29 is 26.8 Å². The van der Waals surface area contributed by atoms with Crippen LogP contribution in [0.15, 0.2) is 57.8 Å². The molecule has 8 nitrogen and oxygen atoms in total. The van der Waals surface area contributed by atoms with Gasteiger partial charge in [0.1, 0.15) is 5.82 Å². The maximum Gasteiger partial charge on any atom is 0.306 e. The number of nitrogens with one attached hydrogen (secondary N) is 1. The zero-order valence-corrected chi connectivity index (χ0v) is 17.1. The van der Waals surface area contributed by atoms with E-state index in [2.05, 4.69) is 14.9 Å². The fraction of sp³-hybridized carbons (Fsp3) is 0.211. The van der Waals surface area contributed by atoms with E-state index < -0.39 is 21.8 Å². The predicted molar refractivity (Wildman–Crippen MR) is 105 cm³/mol. The van der Waals surface area contributed by atoms with Gasteiger partial charge in [-0.2, -0.15) is 0 Å². The minimum absolute atomic E-state index is 0.0164. The first-order valence-corrected chi connectivity index (χ1v) is 10.7. The Morgan fingerprint density at radius 2 is 1.87 bits per heavy atom. The smallest absolute Gasteiger partial charge is 0.306 e. The Morgan fingerprint density at radius 1 is 1.13 bits per heavy atom. The molecule has 0 radical (unpaired) electrons. The number of hydrogen-bond acceptors (Lipinski definition) is 7. The van der Waals surface area contributed by atoms with Gasteiger partial charge >= 0.3 is 5.97 Å². The van der Waals surface area contributed by atoms with E-state index in [1.54, 1.807) is 24.3 Å². The second kappa shape index (κ2) is 9.79. The highest BCUT2D eigenvalue weighted by molar-refractivity contribution is 7.89. The lowest BCUT2D eigenvalue weighted by Crippen LogP contribution is -2.25. The third-order valence-electron chi connectivity index (χ3n) is 3.90. The number of esters is 1. The molecule has 0 aliphatic heterocycles. The molecule has 0 amide bonds. The lowest BCUT2D eigenvalue weighted by Gasteiger charge is -2.06. The molecule has 3 rings (SSSR count). The Kier molecular flexibility index (Phi) is 7.14. The van der Waals surface area contributed by atoms with Crippen LogP contribution in [0.25, 0.3) is 11.5 Å². The normalized spacial score (nSPS) is 11.4. The molecule has 0 aliphatic carbocycles. The average Bonchev–Trinajstić information content (AvgIpc) is 3.19. The zero-order chi connectivity index (χ0) is 21.6. The van der Waals surface area contributed by atoms with E-state index in [9.17, 15) is 17.6 Å². The number of carbonyl (C=O) groups excluding carboxylic acids is 1. The number of rotatable bonds is 9. The van der Waals surface area contributed by atoms with E-state index in [1.807, 2.05) is 0 Å². The van der Waals surface area contributed by atoms with Crippen molar-refractivity contribution in [2.75, 3.05) is 6.54 Å². The van der Waals surface area contributed by atoms with Crippen molar-refractivity contribution >= 4 is 27.6 Å². The van der Waals surface area contributed by atoms with E-state index in [0.717, 1.165) is 24.3 Å². The number of aromatic nitrogens is 2. The minimum atomic E-state index is -3.77. The molecule has 0 saturated carbocycles. The van der Waals surface area contributed by atoms with Crippen molar-refractivity contribution in [3.8, 4) is 11.5 Å². The Hall–Kier alpha value is -2.82. The summed E-state index contributed by atoms with van der Waals surface area (Å²) in [6.07, 6.45) is 0.200. The van der Waals surface area contributed by atoms with E-state index in [1.165, 1.54) is 0 Å². The molecule has 11 heteroatoms. The second-order valence-corrected chi connectivity index (χ2v) is 8.27. The van der Waals surface area contributed by atoms with Crippen LogP contribution in [0.4, 0.5) is 4.39 Å². The van der Waals surface area contributed by atoms with Crippen LogP contribution in [-0.2, 0) is 26.2 Å². The molecule has 158 valence electrons. The highest BCUT2D eigenvalue weighted by Crippen LogP contribution is 2.26. The summed E-state index contributed by atoms with van der Waals surface area (Å²) in [5.74, 6) is -0.762. The quantitative estimate of drug-likeness (QED) is 0.390. The highest BCUT2D eigenvalue weighted by Gasteiger charge is 2.15. The van der Waals surface area contributed by atoms with Crippen LogP contribution in [-0.4, -0.2) is 31.1 Å². The third-order valence-corrected chi connectivity index (χ3v) is 5.71. The third kappa shape index (κ3) is 5.85. The van der Waals surface area contributed by atoms with Crippen molar-refractivity contribution in [3.05, 3.63) is 65.3 Å². The van der Waals surface area contributed by atoms with Gasteiger partial charge in [0.25, 0.3) is 5.89 Å². The molecular formula is C19H17ClFN3O5S. The molecule has 30 heavy (non-hydrogen) atoms. The SMILES string of the molecule is O=C(CCCNS(=O)(=O)c1ccc(F)cc1)OCc1nnc(-c2ccccc2Cl)o1. The largest absolute Gasteiger partial charge is 0.456 e. The van der Waals surface area contributed by atoms with E-state index in [0.29, 0.717) is 10.6 Å². The van der Waals surface area contributed by atoms with Gasteiger partial charge in [-0.3, -0.25) is 4.79 Å². The topological polar surface area (TPSA) is 111 Å². The first-order valence-electron chi connectivity index (χ1n) is 8.83. The molecule has 0 fully saturated rings. The van der Waals surface area contributed by atoms with Gasteiger partial charge in [0.15, 0.2) is 6.61 Å². The van der Waals surface area contributed by atoms with Crippen molar-refractivity contribution in [1.82, 2.24) is 14.9 Å². The molecule has 1 N–H and O–H groups in total. The minimum Gasteiger partial charge on any atom is -0.456 e. The summed E-state index contributed by atoms with van der Waals surface area (Å²) in [6.45, 7) is -0.191. The fourth-order valence-electron chi connectivity index (χ4n) is 2.41. The molecule has 0 unspecified atom stereocenters. The van der Waals surface area contributed by atoms with Gasteiger partial charge in [0.05, 0.1) is 15.5 Å². The number of nitrogens with zero attached hydrogens (tertiary/aromatic N) is 2. The van der Waals surface area contributed by atoms with Gasteiger partial charge in [0.2, 0.25) is 15.9 Å². The van der Waals surface area contributed by atoms with E-state index >= 15 is 0 Å². The molecule has 0 aliphatic rings. The maximum atomic E-state index is 12.9. The summed E-state index contributed by atoms with van der Waals surface area (Å²) in [5, 5.41) is 8.12. The monoisotopic (exact) mass is 453 g/mol. The van der Waals surface area contributed by atoms with Crippen LogP contribution in [0, 0.1) is 5.82 Å². The summed E-state index contributed by atoms with van der Waals surface area (Å²) < 4.78 is 49.8. The fourth-order valence-corrected chi connectivity index (χ4v) is 3.70. The van der Waals surface area contributed by atoms with Crippen LogP contribution >= 0.6 is 11.6 Å². The number of benzene rings is 2. The molecule has 1 aromatic heterocycles. The average molecular weight is 454 g/mol. The number of sulfonamides is 1. The molecule has 0 atom stereocenters. The van der Waals surface area contributed by atoms with Gasteiger partial charge in [-0.25, -0.2) is 17.5 Å². The van der Waals surface area contributed by atoms with Crippen molar-refractivity contribution in [2.45, 2.75) is 24.3 Å². The van der Waals surface area contributed by atoms with Gasteiger partial charge in [-0.15, -0.1) is 10.2 Å². The molecule has 2 aromatic carbocycles. The van der Waals surface area contributed by atoms with Crippen LogP contribution in [0.5, 0.6) is 0 Å². The van der Waals surface area contributed by atoms with Crippen LogP contribution in [0.2, 0.25) is 5.02 Å². The van der Waals surface area contributed by atoms with Crippen molar-refractivity contribution in [2.24, 2.45) is 0 Å². The Labute approximate surface area is 177 Å². The van der Waals surface area contributed by atoms with Crippen LogP contribution in [0.3, 0.4) is 0 Å². The molecule has 0 saturated heterocycles. The van der Waals surface area contributed by atoms with Crippen molar-refractivity contribution in [3.63, 3.8) is 0 Å². The van der Waals surface area contributed by atoms with E-state index in [-0.39, 0.29) is 42.7 Å². The summed E-state index contributed by atoms with van der Waals surface area (Å²) in [5.41, 5.74) is 0.567. The summed E-state index contributed by atoms with van der Waals surface area (Å²) >= 11 is 6.07. The summed E-state index contributed by atoms with van der Waals surface area (Å²) in [4.78, 5) is 11.8. The Bertz CT molecular complexity index is 1120.